The van der Waals surface area contributed by atoms with Crippen molar-refractivity contribution in [3.05, 3.63) is 0 Å². The van der Waals surface area contributed by atoms with Crippen LogP contribution in [0.25, 0.3) is 0 Å². The van der Waals surface area contributed by atoms with Crippen LogP contribution in [0, 0.1) is 0 Å². The normalized spacial score (nSPS) is 12.8. The van der Waals surface area contributed by atoms with Crippen LogP contribution < -0.4 is 4.98 Å². The third-order valence-corrected chi connectivity index (χ3v) is 6.93. The molecule has 1 nitrogen and oxygen atoms in total. The van der Waals surface area contributed by atoms with Gasteiger partial charge in [0.25, 0.3) is 0 Å². The molecule has 0 aliphatic heterocycles. The molecule has 0 radical (unpaired) electrons. The van der Waals surface area contributed by atoms with Crippen LogP contribution in [0.15, 0.2) is 0 Å². The van der Waals surface area contributed by atoms with E-state index in [1.54, 1.807) is 7.05 Å². The molecule has 0 amide bonds. The number of nitrogens with one attached hydrogen (secondary N) is 1. The van der Waals surface area contributed by atoms with Crippen molar-refractivity contribution in [2.75, 3.05) is 7.05 Å². The standard InChI is InChI=1S/C4H11Cl2NSi/c1-4(2)8(5,6)7-3/h4,7H,1-3H3. The molecule has 4 heteroatoms. The molecule has 0 bridgehead atoms. The average Bonchev–Trinajstić information content (AvgIpc) is 1.67. The molecule has 0 aliphatic rings. The Morgan fingerprint density at radius 3 is 1.75 bits per heavy atom. The lowest BCUT2D eigenvalue weighted by Gasteiger charge is -2.18. The van der Waals surface area contributed by atoms with Gasteiger partial charge < -0.3 is 4.98 Å². The topological polar surface area (TPSA) is 12.0 Å². The molecule has 0 aromatic rings. The Bertz CT molecular complexity index is 74.4. The van der Waals surface area contributed by atoms with E-state index in [0.717, 1.165) is 0 Å². The molecule has 0 fully saturated rings. The molecular formula is C4H11Cl2NSi. The van der Waals surface area contributed by atoms with Gasteiger partial charge in [-0.1, -0.05) is 13.8 Å². The lowest BCUT2D eigenvalue weighted by molar-refractivity contribution is 0.997. The fraction of sp³-hybridized carbons (Fsp3) is 1.00. The third kappa shape index (κ3) is 2.35. The molecule has 0 saturated heterocycles. The van der Waals surface area contributed by atoms with Gasteiger partial charge in [-0.15, -0.1) is 22.2 Å². The zero-order chi connectivity index (χ0) is 6.78. The van der Waals surface area contributed by atoms with Crippen molar-refractivity contribution >= 4 is 29.0 Å². The minimum absolute atomic E-state index is 0.371. The number of hydrogen-bond donors (Lipinski definition) is 1. The molecule has 0 spiro atoms. The van der Waals surface area contributed by atoms with Crippen LogP contribution in [0.1, 0.15) is 13.8 Å². The summed E-state index contributed by atoms with van der Waals surface area (Å²) in [4.78, 5) is 2.91. The SMILES string of the molecule is CN[Si](Cl)(Cl)C(C)C. The Kier molecular flexibility index (Phi) is 3.35. The summed E-state index contributed by atoms with van der Waals surface area (Å²) in [6.07, 6.45) is 0. The second-order valence-corrected chi connectivity index (χ2v) is 9.09. The molecule has 0 saturated carbocycles. The molecule has 0 aliphatic carbocycles. The Balaban J connectivity index is 3.71. The van der Waals surface area contributed by atoms with Crippen molar-refractivity contribution in [2.24, 2.45) is 0 Å². The third-order valence-electron chi connectivity index (χ3n) is 1.06. The second kappa shape index (κ2) is 3.06. The maximum Gasteiger partial charge on any atom is 0.324 e. The quantitative estimate of drug-likeness (QED) is 0.496. The van der Waals surface area contributed by atoms with E-state index in [1.807, 2.05) is 13.8 Å². The van der Waals surface area contributed by atoms with Crippen molar-refractivity contribution in [3.63, 3.8) is 0 Å². The van der Waals surface area contributed by atoms with Crippen LogP contribution in [-0.2, 0) is 0 Å². The van der Waals surface area contributed by atoms with E-state index in [1.165, 1.54) is 0 Å². The van der Waals surface area contributed by atoms with Gasteiger partial charge in [-0.05, 0) is 12.6 Å². The minimum Gasteiger partial charge on any atom is -0.316 e. The summed E-state index contributed by atoms with van der Waals surface area (Å²) in [5, 5.41) is 0. The fourth-order valence-electron chi connectivity index (χ4n) is 0.289. The predicted octanol–water partition coefficient (Wildman–Crippen LogP) is 2.03. The number of halogens is 2. The van der Waals surface area contributed by atoms with Crippen LogP contribution >= 0.6 is 22.2 Å². The Morgan fingerprint density at radius 1 is 1.38 bits per heavy atom. The van der Waals surface area contributed by atoms with E-state index < -0.39 is 6.86 Å². The molecule has 50 valence electrons. The number of hydrogen-bond acceptors (Lipinski definition) is 1. The molecular weight excluding hydrogens is 161 g/mol. The van der Waals surface area contributed by atoms with Crippen molar-refractivity contribution in [3.8, 4) is 0 Å². The Morgan fingerprint density at radius 2 is 1.75 bits per heavy atom. The molecule has 0 aromatic carbocycles. The fourth-order valence-corrected chi connectivity index (χ4v) is 0.866. The predicted molar refractivity (Wildman–Crippen MR) is 41.6 cm³/mol. The largest absolute Gasteiger partial charge is 0.324 e. The van der Waals surface area contributed by atoms with Crippen LogP contribution in [0.5, 0.6) is 0 Å². The van der Waals surface area contributed by atoms with Crippen LogP contribution in [-0.4, -0.2) is 13.9 Å². The van der Waals surface area contributed by atoms with E-state index >= 15 is 0 Å². The van der Waals surface area contributed by atoms with Gasteiger partial charge in [0.15, 0.2) is 0 Å². The van der Waals surface area contributed by atoms with Gasteiger partial charge in [-0.25, -0.2) is 0 Å². The van der Waals surface area contributed by atoms with Gasteiger partial charge in [0, 0.05) is 0 Å². The highest BCUT2D eigenvalue weighted by Gasteiger charge is 2.30. The second-order valence-electron chi connectivity index (χ2n) is 2.03. The summed E-state index contributed by atoms with van der Waals surface area (Å²) in [7, 11) is 1.80. The monoisotopic (exact) mass is 171 g/mol. The highest BCUT2D eigenvalue weighted by atomic mass is 35.7. The van der Waals surface area contributed by atoms with Crippen molar-refractivity contribution in [1.29, 1.82) is 0 Å². The van der Waals surface area contributed by atoms with E-state index in [-0.39, 0.29) is 0 Å². The molecule has 1 N–H and O–H groups in total. The van der Waals surface area contributed by atoms with Gasteiger partial charge in [-0.3, -0.25) is 0 Å². The van der Waals surface area contributed by atoms with Gasteiger partial charge in [0.05, 0.1) is 0 Å². The summed E-state index contributed by atoms with van der Waals surface area (Å²) < 4.78 is 0. The molecule has 0 aromatic heterocycles. The van der Waals surface area contributed by atoms with Crippen molar-refractivity contribution < 1.29 is 0 Å². The van der Waals surface area contributed by atoms with Crippen LogP contribution in [0.4, 0.5) is 0 Å². The summed E-state index contributed by atoms with van der Waals surface area (Å²) in [6, 6.07) is 0. The van der Waals surface area contributed by atoms with Gasteiger partial charge >= 0.3 is 6.86 Å². The number of rotatable bonds is 2. The van der Waals surface area contributed by atoms with Crippen molar-refractivity contribution in [1.82, 2.24) is 4.98 Å². The maximum atomic E-state index is 5.85. The van der Waals surface area contributed by atoms with E-state index in [4.69, 9.17) is 22.2 Å². The minimum atomic E-state index is -2.06. The molecule has 0 atom stereocenters. The van der Waals surface area contributed by atoms with Crippen molar-refractivity contribution in [2.45, 2.75) is 19.4 Å². The van der Waals surface area contributed by atoms with Crippen LogP contribution in [0.2, 0.25) is 5.54 Å². The summed E-state index contributed by atoms with van der Waals surface area (Å²) in [5.41, 5.74) is 0.371. The van der Waals surface area contributed by atoms with Gasteiger partial charge in [-0.2, -0.15) is 0 Å². The lowest BCUT2D eigenvalue weighted by Crippen LogP contribution is -2.39. The molecule has 0 rings (SSSR count). The summed E-state index contributed by atoms with van der Waals surface area (Å²) in [6.45, 7) is 1.97. The smallest absolute Gasteiger partial charge is 0.316 e. The highest BCUT2D eigenvalue weighted by molar-refractivity contribution is 7.44. The lowest BCUT2D eigenvalue weighted by atomic mass is 10.6. The van der Waals surface area contributed by atoms with Crippen LogP contribution in [0.3, 0.4) is 0 Å². The first-order valence-corrected chi connectivity index (χ1v) is 6.67. The Hall–Kier alpha value is 0.757. The first-order chi connectivity index (χ1) is 3.50. The molecule has 8 heavy (non-hydrogen) atoms. The first-order valence-electron chi connectivity index (χ1n) is 2.57. The Labute approximate surface area is 60.9 Å². The van der Waals surface area contributed by atoms with Gasteiger partial charge in [0.2, 0.25) is 0 Å². The zero-order valence-electron chi connectivity index (χ0n) is 5.33. The summed E-state index contributed by atoms with van der Waals surface area (Å²) in [5.74, 6) is 0. The average molecular weight is 172 g/mol. The highest BCUT2D eigenvalue weighted by Crippen LogP contribution is 2.24. The summed E-state index contributed by atoms with van der Waals surface area (Å²) >= 11 is 11.7. The van der Waals surface area contributed by atoms with E-state index in [2.05, 4.69) is 4.98 Å². The maximum absolute atomic E-state index is 5.85. The van der Waals surface area contributed by atoms with E-state index in [9.17, 15) is 0 Å². The first kappa shape index (κ1) is 8.76. The molecule has 0 unspecified atom stereocenters. The van der Waals surface area contributed by atoms with E-state index in [0.29, 0.717) is 5.54 Å². The van der Waals surface area contributed by atoms with Gasteiger partial charge in [0.1, 0.15) is 0 Å². The zero-order valence-corrected chi connectivity index (χ0v) is 7.85. The molecule has 0 heterocycles.